The topological polar surface area (TPSA) is 73.4 Å². The molecule has 1 amide bonds. The summed E-state index contributed by atoms with van der Waals surface area (Å²) in [6, 6.07) is 16.6. The van der Waals surface area contributed by atoms with Gasteiger partial charge in [-0.05, 0) is 35.7 Å². The van der Waals surface area contributed by atoms with Crippen LogP contribution in [0.4, 0.5) is 22.9 Å². The lowest BCUT2D eigenvalue weighted by Gasteiger charge is -2.27. The van der Waals surface area contributed by atoms with Crippen molar-refractivity contribution in [3.8, 4) is 0 Å². The quantitative estimate of drug-likeness (QED) is 0.364. The summed E-state index contributed by atoms with van der Waals surface area (Å²) in [5.41, 5.74) is 5.30. The van der Waals surface area contributed by atoms with E-state index in [-0.39, 0.29) is 5.91 Å². The molecule has 0 saturated carbocycles. The smallest absolute Gasteiger partial charge is 0.224 e. The van der Waals surface area contributed by atoms with Crippen molar-refractivity contribution in [1.29, 1.82) is 0 Å². The van der Waals surface area contributed by atoms with Gasteiger partial charge in [0.2, 0.25) is 5.91 Å². The van der Waals surface area contributed by atoms with Gasteiger partial charge in [-0.1, -0.05) is 37.3 Å². The third-order valence-electron chi connectivity index (χ3n) is 6.30. The van der Waals surface area contributed by atoms with Crippen molar-refractivity contribution in [3.63, 3.8) is 0 Å². The third kappa shape index (κ3) is 4.99. The van der Waals surface area contributed by atoms with Crippen molar-refractivity contribution < 1.29 is 4.79 Å². The van der Waals surface area contributed by atoms with E-state index in [0.29, 0.717) is 6.42 Å². The number of carbonyl (C=O) groups is 1. The molecule has 0 saturated heterocycles. The Kier molecular flexibility index (Phi) is 6.66. The lowest BCUT2D eigenvalue weighted by molar-refractivity contribution is -0.115. The van der Waals surface area contributed by atoms with E-state index in [2.05, 4.69) is 55.8 Å². The molecule has 2 aromatic heterocycles. The Morgan fingerprint density at radius 1 is 1.14 bits per heavy atom. The molecule has 180 valence electrons. The van der Waals surface area contributed by atoms with Gasteiger partial charge in [0.05, 0.1) is 16.8 Å². The maximum atomic E-state index is 12.1. The monoisotopic (exact) mass is 486 g/mol. The van der Waals surface area contributed by atoms with Crippen LogP contribution in [-0.4, -0.2) is 41.4 Å². The molecule has 4 aromatic rings. The highest BCUT2D eigenvalue weighted by Crippen LogP contribution is 2.39. The van der Waals surface area contributed by atoms with E-state index in [0.717, 1.165) is 59.2 Å². The van der Waals surface area contributed by atoms with Gasteiger partial charge in [-0.25, -0.2) is 9.97 Å². The number of rotatable bonds is 7. The molecule has 2 N–H and O–H groups in total. The van der Waals surface area contributed by atoms with E-state index in [9.17, 15) is 4.79 Å². The molecule has 7 nitrogen and oxygen atoms in total. The molecule has 3 heterocycles. The summed E-state index contributed by atoms with van der Waals surface area (Å²) in [5.74, 6) is 0.802. The number of hydrogen-bond donors (Lipinski definition) is 2. The summed E-state index contributed by atoms with van der Waals surface area (Å²) in [4.78, 5) is 28.2. The molecular formula is C27H30N6OS. The van der Waals surface area contributed by atoms with E-state index in [1.807, 2.05) is 44.1 Å². The Hall–Kier alpha value is -3.49. The zero-order valence-corrected chi connectivity index (χ0v) is 21.2. The minimum atomic E-state index is -0.0124. The van der Waals surface area contributed by atoms with Gasteiger partial charge in [0, 0.05) is 50.7 Å². The first-order chi connectivity index (χ1) is 17.0. The Morgan fingerprint density at radius 3 is 2.74 bits per heavy atom. The molecule has 5 rings (SSSR count). The first-order valence-electron chi connectivity index (χ1n) is 11.9. The summed E-state index contributed by atoms with van der Waals surface area (Å²) >= 11 is 1.76. The van der Waals surface area contributed by atoms with E-state index in [4.69, 9.17) is 0 Å². The third-order valence-corrected chi connectivity index (χ3v) is 7.43. The second kappa shape index (κ2) is 10.0. The molecule has 0 bridgehead atoms. The molecule has 0 atom stereocenters. The Morgan fingerprint density at radius 2 is 1.97 bits per heavy atom. The van der Waals surface area contributed by atoms with Gasteiger partial charge in [-0.2, -0.15) is 0 Å². The number of nitrogens with one attached hydrogen (secondary N) is 2. The molecule has 1 aliphatic heterocycles. The summed E-state index contributed by atoms with van der Waals surface area (Å²) in [7, 11) is 3.94. The van der Waals surface area contributed by atoms with Gasteiger partial charge < -0.3 is 15.5 Å². The molecule has 0 unspecified atom stereocenters. The number of anilines is 4. The van der Waals surface area contributed by atoms with Crippen LogP contribution >= 0.6 is 11.3 Å². The minimum absolute atomic E-state index is 0.0124. The van der Waals surface area contributed by atoms with Gasteiger partial charge >= 0.3 is 0 Å². The zero-order chi connectivity index (χ0) is 24.4. The number of fused-ring (bicyclic) bond motifs is 3. The highest BCUT2D eigenvalue weighted by atomic mass is 32.1. The van der Waals surface area contributed by atoms with Crippen LogP contribution in [0.5, 0.6) is 0 Å². The van der Waals surface area contributed by atoms with Crippen molar-refractivity contribution in [2.75, 3.05) is 36.2 Å². The van der Waals surface area contributed by atoms with Gasteiger partial charge in [-0.15, -0.1) is 11.3 Å². The van der Waals surface area contributed by atoms with Crippen LogP contribution in [0.15, 0.2) is 54.9 Å². The van der Waals surface area contributed by atoms with Crippen LogP contribution in [0.2, 0.25) is 0 Å². The summed E-state index contributed by atoms with van der Waals surface area (Å²) in [5, 5.41) is 7.64. The Balaban J connectivity index is 1.42. The van der Waals surface area contributed by atoms with Gasteiger partial charge in [0.25, 0.3) is 0 Å². The Bertz CT molecular complexity index is 1350. The standard InChI is InChI=1S/C27H30N6OS/c1-4-24(34)31-21-14-19(10-11-22(21)32(2)3)30-26-25-20-12-13-33(15-18-8-6-5-7-9-18)16-23(20)35-27(25)29-17-28-26/h5-11,14,17H,4,12-13,15-16H2,1-3H3,(H,31,34)(H,28,29,30). The number of thiophene rings is 1. The summed E-state index contributed by atoms with van der Waals surface area (Å²) in [6.07, 6.45) is 3.03. The fraction of sp³-hybridized carbons (Fsp3) is 0.296. The largest absolute Gasteiger partial charge is 0.376 e. The van der Waals surface area contributed by atoms with Crippen molar-refractivity contribution >= 4 is 50.3 Å². The predicted octanol–water partition coefficient (Wildman–Crippen LogP) is 5.41. The van der Waals surface area contributed by atoms with E-state index < -0.39 is 0 Å². The predicted molar refractivity (Wildman–Crippen MR) is 145 cm³/mol. The van der Waals surface area contributed by atoms with E-state index in [1.165, 1.54) is 16.0 Å². The number of amides is 1. The second-order valence-electron chi connectivity index (χ2n) is 9.01. The molecule has 2 aromatic carbocycles. The number of carbonyl (C=O) groups excluding carboxylic acids is 1. The molecule has 0 fully saturated rings. The molecule has 0 aliphatic carbocycles. The molecule has 1 aliphatic rings. The number of hydrogen-bond acceptors (Lipinski definition) is 7. The molecule has 35 heavy (non-hydrogen) atoms. The first kappa shape index (κ1) is 23.3. The highest BCUT2D eigenvalue weighted by molar-refractivity contribution is 7.19. The maximum absolute atomic E-state index is 12.1. The van der Waals surface area contributed by atoms with Crippen LogP contribution in [0.1, 0.15) is 29.3 Å². The molecule has 8 heteroatoms. The minimum Gasteiger partial charge on any atom is -0.376 e. The second-order valence-corrected chi connectivity index (χ2v) is 10.1. The number of aromatic nitrogens is 2. The average Bonchev–Trinajstić information content (AvgIpc) is 3.23. The van der Waals surface area contributed by atoms with Crippen molar-refractivity contribution in [1.82, 2.24) is 14.9 Å². The van der Waals surface area contributed by atoms with Crippen LogP contribution in [-0.2, 0) is 24.3 Å². The molecule has 0 radical (unpaired) electrons. The lowest BCUT2D eigenvalue weighted by Crippen LogP contribution is -2.29. The van der Waals surface area contributed by atoms with E-state index >= 15 is 0 Å². The summed E-state index contributed by atoms with van der Waals surface area (Å²) < 4.78 is 0. The van der Waals surface area contributed by atoms with Crippen molar-refractivity contribution in [3.05, 3.63) is 70.9 Å². The van der Waals surface area contributed by atoms with Crippen LogP contribution in [0.3, 0.4) is 0 Å². The fourth-order valence-electron chi connectivity index (χ4n) is 4.53. The van der Waals surface area contributed by atoms with Crippen LogP contribution in [0.25, 0.3) is 10.2 Å². The molecule has 0 spiro atoms. The normalized spacial score (nSPS) is 13.5. The van der Waals surface area contributed by atoms with E-state index in [1.54, 1.807) is 17.7 Å². The molecular weight excluding hydrogens is 456 g/mol. The van der Waals surface area contributed by atoms with Crippen LogP contribution in [0, 0.1) is 0 Å². The van der Waals surface area contributed by atoms with Gasteiger partial charge in [-0.3, -0.25) is 9.69 Å². The maximum Gasteiger partial charge on any atom is 0.224 e. The lowest BCUT2D eigenvalue weighted by atomic mass is 10.0. The number of nitrogens with zero attached hydrogens (tertiary/aromatic N) is 4. The van der Waals surface area contributed by atoms with Gasteiger partial charge in [0.15, 0.2) is 0 Å². The van der Waals surface area contributed by atoms with Crippen molar-refractivity contribution in [2.45, 2.75) is 32.9 Å². The van der Waals surface area contributed by atoms with Crippen LogP contribution < -0.4 is 15.5 Å². The number of benzene rings is 2. The first-order valence-corrected chi connectivity index (χ1v) is 12.7. The SMILES string of the molecule is CCC(=O)Nc1cc(Nc2ncnc3sc4c(c23)CCN(Cc2ccccc2)C4)ccc1N(C)C. The fourth-order valence-corrected chi connectivity index (χ4v) is 5.76. The highest BCUT2D eigenvalue weighted by Gasteiger charge is 2.24. The zero-order valence-electron chi connectivity index (χ0n) is 20.3. The average molecular weight is 487 g/mol. The van der Waals surface area contributed by atoms with Gasteiger partial charge in [0.1, 0.15) is 17.0 Å². The van der Waals surface area contributed by atoms with Crippen molar-refractivity contribution in [2.24, 2.45) is 0 Å². The Labute approximate surface area is 209 Å². The summed E-state index contributed by atoms with van der Waals surface area (Å²) in [6.45, 7) is 4.74.